The monoisotopic (exact) mass is 568 g/mol. The summed E-state index contributed by atoms with van der Waals surface area (Å²) in [5.74, 6) is 0.466. The summed E-state index contributed by atoms with van der Waals surface area (Å²) >= 11 is 0. The Kier molecular flexibility index (Phi) is 9.05. The number of carbonyl (C=O) groups excluding carboxylic acids is 1. The number of hydrogen-bond acceptors (Lipinski definition) is 2. The van der Waals surface area contributed by atoms with Gasteiger partial charge in [-0.2, -0.15) is 0 Å². The topological polar surface area (TPSA) is 47.9 Å². The minimum Gasteiger partial charge on any atom is -0.356 e. The second-order valence-electron chi connectivity index (χ2n) is 8.36. The summed E-state index contributed by atoms with van der Waals surface area (Å²) in [5.41, 5.74) is 2.71. The van der Waals surface area contributed by atoms with E-state index < -0.39 is 11.6 Å². The number of nitrogens with zero attached hydrogens (tertiary/aromatic N) is 3. The number of hydrogen-bond donors (Lipinski definition) is 1. The average molecular weight is 568 g/mol. The van der Waals surface area contributed by atoms with Crippen LogP contribution in [0.3, 0.4) is 0 Å². The van der Waals surface area contributed by atoms with Crippen LogP contribution in [0, 0.1) is 11.6 Å². The van der Waals surface area contributed by atoms with Crippen LogP contribution in [0.2, 0.25) is 0 Å². The molecule has 178 valence electrons. The number of para-hydroxylation sites is 1. The van der Waals surface area contributed by atoms with Crippen LogP contribution in [-0.2, 0) is 11.2 Å². The number of fused-ring (bicyclic) bond motifs is 1. The van der Waals surface area contributed by atoms with Crippen LogP contribution in [0.1, 0.15) is 43.2 Å². The molecule has 8 heteroatoms. The fourth-order valence-corrected chi connectivity index (χ4v) is 4.61. The third kappa shape index (κ3) is 6.02. The smallest absolute Gasteiger partial charge is 0.222 e. The highest BCUT2D eigenvalue weighted by Crippen LogP contribution is 2.38. The first-order valence-corrected chi connectivity index (χ1v) is 11.4. The Hall–Kier alpha value is -2.23. The van der Waals surface area contributed by atoms with E-state index in [1.54, 1.807) is 0 Å². The lowest BCUT2D eigenvalue weighted by molar-refractivity contribution is -0.127. The van der Waals surface area contributed by atoms with E-state index in [4.69, 9.17) is 4.99 Å². The molecule has 1 amide bonds. The molecule has 1 unspecified atom stereocenters. The van der Waals surface area contributed by atoms with E-state index in [0.717, 1.165) is 56.3 Å². The van der Waals surface area contributed by atoms with Gasteiger partial charge < -0.3 is 15.1 Å². The lowest BCUT2D eigenvalue weighted by atomic mass is 9.98. The molecule has 4 rings (SSSR count). The fraction of sp³-hybridized carbons (Fsp3) is 0.440. The molecular formula is C25H31F2IN4O. The summed E-state index contributed by atoms with van der Waals surface area (Å²) in [6.45, 7) is 5.49. The van der Waals surface area contributed by atoms with Crippen LogP contribution >= 0.6 is 24.0 Å². The van der Waals surface area contributed by atoms with Gasteiger partial charge in [0.2, 0.25) is 5.91 Å². The van der Waals surface area contributed by atoms with Gasteiger partial charge in [-0.1, -0.05) is 18.2 Å². The highest BCUT2D eigenvalue weighted by Gasteiger charge is 2.32. The van der Waals surface area contributed by atoms with Crippen LogP contribution in [0.5, 0.6) is 0 Å². The SMILES string of the molecule is CCNC(=NCCc1cc(F)ccc1F)N1CC(CCN2CCCC2=O)c2ccccc21.I. The third-order valence-electron chi connectivity index (χ3n) is 6.23. The summed E-state index contributed by atoms with van der Waals surface area (Å²) in [7, 11) is 0. The predicted octanol–water partition coefficient (Wildman–Crippen LogP) is 4.71. The first-order valence-electron chi connectivity index (χ1n) is 11.4. The third-order valence-corrected chi connectivity index (χ3v) is 6.23. The molecule has 0 bridgehead atoms. The molecule has 2 heterocycles. The van der Waals surface area contributed by atoms with Crippen molar-refractivity contribution in [3.8, 4) is 0 Å². The van der Waals surface area contributed by atoms with Gasteiger partial charge in [0.15, 0.2) is 5.96 Å². The molecule has 0 aliphatic carbocycles. The van der Waals surface area contributed by atoms with Gasteiger partial charge >= 0.3 is 0 Å². The maximum atomic E-state index is 14.0. The van der Waals surface area contributed by atoms with Gasteiger partial charge in [0.05, 0.1) is 0 Å². The van der Waals surface area contributed by atoms with Crippen LogP contribution < -0.4 is 10.2 Å². The number of benzene rings is 2. The molecule has 1 atom stereocenters. The van der Waals surface area contributed by atoms with Gasteiger partial charge in [-0.25, -0.2) is 8.78 Å². The molecule has 0 radical (unpaired) electrons. The van der Waals surface area contributed by atoms with Gasteiger partial charge in [-0.3, -0.25) is 9.79 Å². The van der Waals surface area contributed by atoms with Crippen molar-refractivity contribution in [1.82, 2.24) is 10.2 Å². The first-order chi connectivity index (χ1) is 15.6. The number of amides is 1. The van der Waals surface area contributed by atoms with Crippen LogP contribution in [-0.4, -0.2) is 49.5 Å². The van der Waals surface area contributed by atoms with E-state index in [9.17, 15) is 13.6 Å². The van der Waals surface area contributed by atoms with E-state index in [0.29, 0.717) is 37.4 Å². The zero-order valence-corrected chi connectivity index (χ0v) is 21.2. The number of guanidine groups is 1. The van der Waals surface area contributed by atoms with E-state index >= 15 is 0 Å². The minimum atomic E-state index is -0.440. The Morgan fingerprint density at radius 1 is 1.21 bits per heavy atom. The van der Waals surface area contributed by atoms with Crippen molar-refractivity contribution in [3.05, 3.63) is 65.2 Å². The fourth-order valence-electron chi connectivity index (χ4n) is 4.61. The average Bonchev–Trinajstić information content (AvgIpc) is 3.37. The van der Waals surface area contributed by atoms with E-state index in [-0.39, 0.29) is 29.9 Å². The van der Waals surface area contributed by atoms with Crippen molar-refractivity contribution < 1.29 is 13.6 Å². The van der Waals surface area contributed by atoms with E-state index in [1.165, 1.54) is 11.6 Å². The Bertz CT molecular complexity index is 1000. The van der Waals surface area contributed by atoms with Gasteiger partial charge in [0, 0.05) is 50.7 Å². The molecular weight excluding hydrogens is 537 g/mol. The molecule has 2 aromatic carbocycles. The predicted molar refractivity (Wildman–Crippen MR) is 138 cm³/mol. The summed E-state index contributed by atoms with van der Waals surface area (Å²) in [4.78, 5) is 20.9. The highest BCUT2D eigenvalue weighted by atomic mass is 127. The van der Waals surface area contributed by atoms with Crippen molar-refractivity contribution in [2.45, 2.75) is 38.5 Å². The summed E-state index contributed by atoms with van der Waals surface area (Å²) in [5, 5.41) is 3.35. The molecule has 5 nitrogen and oxygen atoms in total. The molecule has 2 aliphatic heterocycles. The lowest BCUT2D eigenvalue weighted by Gasteiger charge is -2.23. The first kappa shape index (κ1) is 25.4. The summed E-state index contributed by atoms with van der Waals surface area (Å²) in [6, 6.07) is 11.8. The summed E-state index contributed by atoms with van der Waals surface area (Å²) < 4.78 is 27.4. The number of aliphatic imine (C=N–C) groups is 1. The van der Waals surface area contributed by atoms with Gasteiger partial charge in [-0.15, -0.1) is 24.0 Å². The molecule has 1 saturated heterocycles. The standard InChI is InChI=1S/C25H30F2N4O.HI/c1-2-28-25(29-13-11-18-16-20(26)9-10-22(18)27)31-17-19(21-6-3-4-7-23(21)31)12-15-30-14-5-8-24(30)32;/h3-4,6-7,9-10,16,19H,2,5,8,11-15,17H2,1H3,(H,28,29);1H. The number of anilines is 1. The quantitative estimate of drug-likeness (QED) is 0.299. The molecule has 1 N–H and O–H groups in total. The van der Waals surface area contributed by atoms with Gasteiger partial charge in [0.1, 0.15) is 11.6 Å². The van der Waals surface area contributed by atoms with Crippen molar-refractivity contribution in [1.29, 1.82) is 0 Å². The number of nitrogens with one attached hydrogen (secondary N) is 1. The molecule has 2 aliphatic rings. The van der Waals surface area contributed by atoms with Crippen molar-refractivity contribution in [2.24, 2.45) is 4.99 Å². The summed E-state index contributed by atoms with van der Waals surface area (Å²) in [6.07, 6.45) is 2.85. The van der Waals surface area contributed by atoms with Gasteiger partial charge in [-0.05, 0) is 61.6 Å². The van der Waals surface area contributed by atoms with Crippen LogP contribution in [0.25, 0.3) is 0 Å². The number of halogens is 3. The zero-order chi connectivity index (χ0) is 22.5. The van der Waals surface area contributed by atoms with Crippen molar-refractivity contribution in [3.63, 3.8) is 0 Å². The molecule has 33 heavy (non-hydrogen) atoms. The molecule has 2 aromatic rings. The normalized spacial score (nSPS) is 17.8. The molecule has 1 fully saturated rings. The maximum Gasteiger partial charge on any atom is 0.222 e. The maximum absolute atomic E-state index is 14.0. The number of carbonyl (C=O) groups is 1. The van der Waals surface area contributed by atoms with Crippen LogP contribution in [0.15, 0.2) is 47.5 Å². The van der Waals surface area contributed by atoms with Gasteiger partial charge in [0.25, 0.3) is 0 Å². The molecule has 0 spiro atoms. The second kappa shape index (κ2) is 11.8. The number of likely N-dealkylation sites (tertiary alicyclic amines) is 1. The number of rotatable bonds is 7. The second-order valence-corrected chi connectivity index (χ2v) is 8.36. The van der Waals surface area contributed by atoms with E-state index in [2.05, 4.69) is 22.3 Å². The Balaban J connectivity index is 0.00000306. The van der Waals surface area contributed by atoms with E-state index in [1.807, 2.05) is 24.0 Å². The van der Waals surface area contributed by atoms with Crippen LogP contribution in [0.4, 0.5) is 14.5 Å². The van der Waals surface area contributed by atoms with Crippen molar-refractivity contribution >= 4 is 41.5 Å². The largest absolute Gasteiger partial charge is 0.356 e. The Morgan fingerprint density at radius 3 is 2.79 bits per heavy atom. The minimum absolute atomic E-state index is 0. The molecule has 0 saturated carbocycles. The Labute approximate surface area is 211 Å². The Morgan fingerprint density at radius 2 is 2.03 bits per heavy atom. The molecule has 0 aromatic heterocycles. The lowest BCUT2D eigenvalue weighted by Crippen LogP contribution is -2.41. The highest BCUT2D eigenvalue weighted by molar-refractivity contribution is 14.0. The van der Waals surface area contributed by atoms with Crippen molar-refractivity contribution in [2.75, 3.05) is 37.6 Å². The zero-order valence-electron chi connectivity index (χ0n) is 18.9.